The molecule has 17 heavy (non-hydrogen) atoms. The highest BCUT2D eigenvalue weighted by atomic mass is 79.9. The zero-order chi connectivity index (χ0) is 12.4. The molecule has 0 saturated heterocycles. The number of hydrogen-bond donors (Lipinski definition) is 2. The Morgan fingerprint density at radius 2 is 1.94 bits per heavy atom. The predicted molar refractivity (Wildman–Crippen MR) is 63.9 cm³/mol. The van der Waals surface area contributed by atoms with Crippen molar-refractivity contribution in [3.63, 3.8) is 0 Å². The van der Waals surface area contributed by atoms with Crippen LogP contribution >= 0.6 is 15.9 Å². The molecule has 0 aliphatic rings. The molecule has 1 unspecified atom stereocenters. The molecule has 2 rings (SSSR count). The number of aliphatic hydroxyl groups is 1. The van der Waals surface area contributed by atoms with Crippen LogP contribution in [-0.2, 0) is 4.79 Å². The van der Waals surface area contributed by atoms with Gasteiger partial charge in [0.05, 0.1) is 11.9 Å². The van der Waals surface area contributed by atoms with Crippen LogP contribution in [0.3, 0.4) is 0 Å². The normalized spacial score (nSPS) is 12.4. The maximum atomic E-state index is 10.6. The van der Waals surface area contributed by atoms with Gasteiger partial charge in [0, 0.05) is 0 Å². The zero-order valence-electron chi connectivity index (χ0n) is 8.62. The summed E-state index contributed by atoms with van der Waals surface area (Å²) in [6.07, 6.45) is 0.148. The molecule has 0 saturated carbocycles. The van der Waals surface area contributed by atoms with Gasteiger partial charge in [0.15, 0.2) is 6.10 Å². The van der Waals surface area contributed by atoms with E-state index in [2.05, 4.69) is 21.0 Å². The first kappa shape index (κ1) is 11.8. The topological polar surface area (TPSA) is 75.3 Å². The van der Waals surface area contributed by atoms with E-state index < -0.39 is 12.1 Å². The third kappa shape index (κ3) is 2.37. The Labute approximate surface area is 105 Å². The Kier molecular flexibility index (Phi) is 3.26. The average molecular weight is 297 g/mol. The lowest BCUT2D eigenvalue weighted by molar-refractivity contribution is -0.146. The summed E-state index contributed by atoms with van der Waals surface area (Å²) in [6.45, 7) is 0. The van der Waals surface area contributed by atoms with Gasteiger partial charge in [-0.25, -0.2) is 9.48 Å². The standard InChI is InChI=1S/C11H9BrN2O3/c12-9-5-6-13-14(9)8-3-1-7(2-4-8)10(15)11(16)17/h1-6,10,15H,(H,16,17). The second-order valence-electron chi connectivity index (χ2n) is 3.40. The van der Waals surface area contributed by atoms with Gasteiger partial charge < -0.3 is 10.2 Å². The summed E-state index contributed by atoms with van der Waals surface area (Å²) in [5, 5.41) is 22.1. The molecule has 1 aromatic carbocycles. The van der Waals surface area contributed by atoms with Crippen LogP contribution in [0.5, 0.6) is 0 Å². The predicted octanol–water partition coefficient (Wildman–Crippen LogP) is 1.75. The van der Waals surface area contributed by atoms with E-state index >= 15 is 0 Å². The molecule has 88 valence electrons. The van der Waals surface area contributed by atoms with Crippen LogP contribution in [0.2, 0.25) is 0 Å². The lowest BCUT2D eigenvalue weighted by atomic mass is 10.1. The number of hydrogen-bond acceptors (Lipinski definition) is 3. The first-order valence-corrected chi connectivity index (χ1v) is 5.59. The maximum Gasteiger partial charge on any atom is 0.337 e. The van der Waals surface area contributed by atoms with Gasteiger partial charge in [0.1, 0.15) is 4.60 Å². The van der Waals surface area contributed by atoms with Crippen molar-refractivity contribution in [1.29, 1.82) is 0 Å². The average Bonchev–Trinajstić information content (AvgIpc) is 2.74. The van der Waals surface area contributed by atoms with Crippen LogP contribution in [0.1, 0.15) is 11.7 Å². The molecule has 0 spiro atoms. The fourth-order valence-electron chi connectivity index (χ4n) is 1.42. The van der Waals surface area contributed by atoms with Crippen LogP contribution < -0.4 is 0 Å². The van der Waals surface area contributed by atoms with Crippen molar-refractivity contribution in [2.75, 3.05) is 0 Å². The van der Waals surface area contributed by atoms with Crippen LogP contribution in [0.25, 0.3) is 5.69 Å². The monoisotopic (exact) mass is 296 g/mol. The fourth-order valence-corrected chi connectivity index (χ4v) is 1.83. The Morgan fingerprint density at radius 3 is 2.41 bits per heavy atom. The second kappa shape index (κ2) is 4.68. The number of aliphatic carboxylic acids is 1. The second-order valence-corrected chi connectivity index (χ2v) is 4.21. The molecule has 1 heterocycles. The number of carboxylic acid groups (broad SMARTS) is 1. The van der Waals surface area contributed by atoms with Crippen LogP contribution in [0, 0.1) is 0 Å². The first-order valence-electron chi connectivity index (χ1n) is 4.80. The van der Waals surface area contributed by atoms with Gasteiger partial charge in [0.25, 0.3) is 0 Å². The van der Waals surface area contributed by atoms with E-state index in [9.17, 15) is 9.90 Å². The smallest absolute Gasteiger partial charge is 0.337 e. The third-order valence-corrected chi connectivity index (χ3v) is 2.88. The van der Waals surface area contributed by atoms with Crippen molar-refractivity contribution < 1.29 is 15.0 Å². The van der Waals surface area contributed by atoms with E-state index in [4.69, 9.17) is 5.11 Å². The quantitative estimate of drug-likeness (QED) is 0.905. The largest absolute Gasteiger partial charge is 0.479 e. The molecule has 0 bridgehead atoms. The van der Waals surface area contributed by atoms with Crippen LogP contribution in [0.4, 0.5) is 0 Å². The van der Waals surface area contributed by atoms with Crippen molar-refractivity contribution in [3.8, 4) is 5.69 Å². The number of carboxylic acids is 1. The lowest BCUT2D eigenvalue weighted by Crippen LogP contribution is -2.10. The minimum Gasteiger partial charge on any atom is -0.479 e. The lowest BCUT2D eigenvalue weighted by Gasteiger charge is -2.07. The molecule has 2 N–H and O–H groups in total. The molecule has 0 fully saturated rings. The van der Waals surface area contributed by atoms with Crippen molar-refractivity contribution in [2.24, 2.45) is 0 Å². The number of carbonyl (C=O) groups is 1. The zero-order valence-corrected chi connectivity index (χ0v) is 10.2. The molecule has 0 amide bonds. The summed E-state index contributed by atoms with van der Waals surface area (Å²) >= 11 is 3.33. The van der Waals surface area contributed by atoms with E-state index in [-0.39, 0.29) is 0 Å². The Morgan fingerprint density at radius 1 is 1.29 bits per heavy atom. The maximum absolute atomic E-state index is 10.6. The molecule has 1 atom stereocenters. The molecule has 2 aromatic rings. The highest BCUT2D eigenvalue weighted by Crippen LogP contribution is 2.19. The molecular formula is C11H9BrN2O3. The number of rotatable bonds is 3. The third-order valence-electron chi connectivity index (χ3n) is 2.28. The summed E-state index contributed by atoms with van der Waals surface area (Å²) in [4.78, 5) is 10.6. The summed E-state index contributed by atoms with van der Waals surface area (Å²) in [5.41, 5.74) is 1.12. The molecule has 5 nitrogen and oxygen atoms in total. The van der Waals surface area contributed by atoms with Gasteiger partial charge in [-0.2, -0.15) is 5.10 Å². The number of aromatic nitrogens is 2. The Bertz CT molecular complexity index is 536. The summed E-state index contributed by atoms with van der Waals surface area (Å²) in [5.74, 6) is -1.27. The minimum atomic E-state index is -1.50. The Hall–Kier alpha value is -1.66. The summed E-state index contributed by atoms with van der Waals surface area (Å²) in [7, 11) is 0. The Balaban J connectivity index is 2.31. The number of halogens is 1. The van der Waals surface area contributed by atoms with Crippen molar-refractivity contribution >= 4 is 21.9 Å². The van der Waals surface area contributed by atoms with Crippen molar-refractivity contribution in [3.05, 3.63) is 46.7 Å². The van der Waals surface area contributed by atoms with Gasteiger partial charge in [-0.1, -0.05) is 12.1 Å². The number of nitrogens with zero attached hydrogens (tertiary/aromatic N) is 2. The van der Waals surface area contributed by atoms with Gasteiger partial charge in [-0.3, -0.25) is 0 Å². The molecular weight excluding hydrogens is 288 g/mol. The van der Waals surface area contributed by atoms with Crippen LogP contribution in [0.15, 0.2) is 41.1 Å². The van der Waals surface area contributed by atoms with E-state index in [0.717, 1.165) is 10.3 Å². The molecule has 1 aromatic heterocycles. The summed E-state index contributed by atoms with van der Waals surface area (Å²) < 4.78 is 2.45. The fraction of sp³-hybridized carbons (Fsp3) is 0.0909. The van der Waals surface area contributed by atoms with Gasteiger partial charge >= 0.3 is 5.97 Å². The van der Waals surface area contributed by atoms with E-state index in [0.29, 0.717) is 5.56 Å². The first-order chi connectivity index (χ1) is 8.09. The summed E-state index contributed by atoms with van der Waals surface area (Å²) in [6, 6.07) is 8.29. The highest BCUT2D eigenvalue weighted by Gasteiger charge is 2.15. The SMILES string of the molecule is O=C(O)C(O)c1ccc(-n2nccc2Br)cc1. The van der Waals surface area contributed by atoms with Crippen molar-refractivity contribution in [2.45, 2.75) is 6.10 Å². The molecule has 0 aliphatic carbocycles. The molecule has 6 heteroatoms. The van der Waals surface area contributed by atoms with Crippen molar-refractivity contribution in [1.82, 2.24) is 9.78 Å². The van der Waals surface area contributed by atoms with Gasteiger partial charge in [-0.05, 0) is 39.7 Å². The van der Waals surface area contributed by atoms with Gasteiger partial charge in [-0.15, -0.1) is 0 Å². The molecule has 0 aliphatic heterocycles. The number of benzene rings is 1. The number of aliphatic hydroxyl groups excluding tert-OH is 1. The van der Waals surface area contributed by atoms with E-state index in [1.807, 2.05) is 0 Å². The van der Waals surface area contributed by atoms with E-state index in [1.165, 1.54) is 0 Å². The highest BCUT2D eigenvalue weighted by molar-refractivity contribution is 9.10. The molecule has 0 radical (unpaired) electrons. The van der Waals surface area contributed by atoms with Crippen LogP contribution in [-0.4, -0.2) is 26.0 Å². The minimum absolute atomic E-state index is 0.338. The van der Waals surface area contributed by atoms with E-state index in [1.54, 1.807) is 41.2 Å². The van der Waals surface area contributed by atoms with Gasteiger partial charge in [0.2, 0.25) is 0 Å².